The fraction of sp³-hybridized carbons (Fsp3) is 0. The van der Waals surface area contributed by atoms with Gasteiger partial charge in [0.1, 0.15) is 0 Å². The maximum atomic E-state index is 0. The van der Waals surface area contributed by atoms with Crippen molar-refractivity contribution in [3.05, 3.63) is 0 Å². The summed E-state index contributed by atoms with van der Waals surface area (Å²) >= 11 is 0. The van der Waals surface area contributed by atoms with Crippen LogP contribution in [0.2, 0.25) is 0 Å². The Labute approximate surface area is 61.1 Å². The quantitative estimate of drug-likeness (QED) is 0.541. The summed E-state index contributed by atoms with van der Waals surface area (Å²) in [6.07, 6.45) is 0. The van der Waals surface area contributed by atoms with Crippen molar-refractivity contribution in [3.63, 3.8) is 0 Å². The van der Waals surface area contributed by atoms with Crippen molar-refractivity contribution in [2.45, 2.75) is 0 Å². The average molecular weight is 337 g/mol. The predicted octanol–water partition coefficient (Wildman–Crippen LogP) is -0.361. The zero-order chi connectivity index (χ0) is 0. The van der Waals surface area contributed by atoms with Crippen molar-refractivity contribution >= 4 is 0 Å². The monoisotopic (exact) mass is 336 g/mol. The van der Waals surface area contributed by atoms with E-state index in [2.05, 4.69) is 0 Å². The summed E-state index contributed by atoms with van der Waals surface area (Å²) < 4.78 is 0. The van der Waals surface area contributed by atoms with Crippen molar-refractivity contribution in [1.29, 1.82) is 0 Å². The molecule has 35 valence electrons. The molecular formula is AgO3Ta-. The molecule has 0 saturated carbocycles. The minimum absolute atomic E-state index is 0. The molecule has 0 aromatic heterocycles. The summed E-state index contributed by atoms with van der Waals surface area (Å²) in [4.78, 5) is 0. The molecule has 0 bridgehead atoms. The van der Waals surface area contributed by atoms with Gasteiger partial charge in [-0.3, -0.25) is 0 Å². The van der Waals surface area contributed by atoms with E-state index >= 15 is 0 Å². The fourth-order valence-electron chi connectivity index (χ4n) is 0. The van der Waals surface area contributed by atoms with Crippen LogP contribution in [-0.2, 0) is 61.2 Å². The van der Waals surface area contributed by atoms with E-state index in [1.54, 1.807) is 0 Å². The Kier molecular flexibility index (Phi) is 1090. The molecule has 0 atom stereocenters. The van der Waals surface area contributed by atoms with Crippen molar-refractivity contribution in [2.75, 3.05) is 0 Å². The molecule has 0 spiro atoms. The molecular weight excluding hydrogens is 337 g/mol. The topological polar surface area (TPSA) is 85.5 Å². The van der Waals surface area contributed by atoms with E-state index < -0.39 is 0 Å². The SMILES string of the molecule is [Ag].[O-2].[O-2].[O-2].[Ta+5]. The van der Waals surface area contributed by atoms with Crippen molar-refractivity contribution in [1.82, 2.24) is 0 Å². The Bertz CT molecular complexity index is 6.85. The minimum atomic E-state index is 0. The third kappa shape index (κ3) is 32.7. The second-order valence-corrected chi connectivity index (χ2v) is 0. The Balaban J connectivity index is 0. The Morgan fingerprint density at radius 2 is 0.600 bits per heavy atom. The predicted molar refractivity (Wildman–Crippen MR) is 2.06 cm³/mol. The third-order valence-electron chi connectivity index (χ3n) is 0. The largest absolute Gasteiger partial charge is 5.00 e. The fourth-order valence-corrected chi connectivity index (χ4v) is 0. The number of rotatable bonds is 0. The molecule has 0 saturated heterocycles. The molecule has 0 amide bonds. The third-order valence-corrected chi connectivity index (χ3v) is 0. The van der Waals surface area contributed by atoms with E-state index in [0.29, 0.717) is 0 Å². The summed E-state index contributed by atoms with van der Waals surface area (Å²) in [7, 11) is 0. The van der Waals surface area contributed by atoms with Crippen LogP contribution in [0.3, 0.4) is 0 Å². The molecule has 0 aromatic rings. The van der Waals surface area contributed by atoms with Gasteiger partial charge in [-0.05, 0) is 0 Å². The molecule has 0 aliphatic heterocycles. The van der Waals surface area contributed by atoms with E-state index in [4.69, 9.17) is 0 Å². The molecule has 0 rings (SSSR count). The molecule has 0 fully saturated rings. The molecule has 0 heterocycles. The zero-order valence-corrected chi connectivity index (χ0v) is 6.67. The van der Waals surface area contributed by atoms with Gasteiger partial charge in [-0.15, -0.1) is 0 Å². The van der Waals surface area contributed by atoms with Gasteiger partial charge in [0, 0.05) is 22.4 Å². The van der Waals surface area contributed by atoms with Crippen molar-refractivity contribution in [2.24, 2.45) is 0 Å². The average Bonchev–Trinajstić information content (AvgIpc) is 0. The Morgan fingerprint density at radius 1 is 0.600 bits per heavy atom. The standard InChI is InChI=1S/Ag.3O.Ta/q;3*-2;+5. The molecule has 5 heavy (non-hydrogen) atoms. The summed E-state index contributed by atoms with van der Waals surface area (Å²) in [5.74, 6) is 0. The molecule has 0 aliphatic carbocycles. The van der Waals surface area contributed by atoms with Crippen LogP contribution in [0.25, 0.3) is 0 Å². The van der Waals surface area contributed by atoms with E-state index in [-0.39, 0.29) is 61.2 Å². The van der Waals surface area contributed by atoms with E-state index in [9.17, 15) is 0 Å². The summed E-state index contributed by atoms with van der Waals surface area (Å²) in [6, 6.07) is 0. The van der Waals surface area contributed by atoms with Crippen molar-refractivity contribution < 1.29 is 61.2 Å². The van der Waals surface area contributed by atoms with E-state index in [0.717, 1.165) is 0 Å². The number of hydrogen-bond donors (Lipinski definition) is 0. The zero-order valence-electron chi connectivity index (χ0n) is 1.97. The first kappa shape index (κ1) is 98.7. The number of hydrogen-bond acceptors (Lipinski definition) is 0. The maximum absolute atomic E-state index is 0. The second-order valence-electron chi connectivity index (χ2n) is 0. The molecule has 1 radical (unpaired) electrons. The Morgan fingerprint density at radius 3 is 0.600 bits per heavy atom. The van der Waals surface area contributed by atoms with Gasteiger partial charge in [0.15, 0.2) is 0 Å². The van der Waals surface area contributed by atoms with Crippen LogP contribution in [0.1, 0.15) is 0 Å². The van der Waals surface area contributed by atoms with E-state index in [1.165, 1.54) is 0 Å². The van der Waals surface area contributed by atoms with Gasteiger partial charge in [0.05, 0.1) is 0 Å². The van der Waals surface area contributed by atoms with Gasteiger partial charge in [-0.1, -0.05) is 0 Å². The van der Waals surface area contributed by atoms with Gasteiger partial charge in [-0.2, -0.15) is 0 Å². The molecule has 0 aliphatic rings. The van der Waals surface area contributed by atoms with Crippen LogP contribution in [0.5, 0.6) is 0 Å². The van der Waals surface area contributed by atoms with E-state index in [1.807, 2.05) is 0 Å². The maximum Gasteiger partial charge on any atom is 5.00 e. The molecule has 5 heteroatoms. The smallest absolute Gasteiger partial charge is 2.00 e. The normalized spacial score (nSPS) is 0. The van der Waals surface area contributed by atoms with Crippen LogP contribution in [0.15, 0.2) is 0 Å². The summed E-state index contributed by atoms with van der Waals surface area (Å²) in [5.41, 5.74) is 0. The van der Waals surface area contributed by atoms with Crippen LogP contribution in [-0.4, -0.2) is 0 Å². The van der Waals surface area contributed by atoms with Gasteiger partial charge in [0.25, 0.3) is 0 Å². The Hall–Kier alpha value is 1.36. The summed E-state index contributed by atoms with van der Waals surface area (Å²) in [5, 5.41) is 0. The molecule has 3 nitrogen and oxygen atoms in total. The second kappa shape index (κ2) is 55.1. The molecule has 0 unspecified atom stereocenters. The van der Waals surface area contributed by atoms with Crippen molar-refractivity contribution in [3.8, 4) is 0 Å². The van der Waals surface area contributed by atoms with Gasteiger partial charge in [-0.25, -0.2) is 0 Å². The summed E-state index contributed by atoms with van der Waals surface area (Å²) in [6.45, 7) is 0. The molecule has 0 aromatic carbocycles. The van der Waals surface area contributed by atoms with Crippen LogP contribution >= 0.6 is 0 Å². The van der Waals surface area contributed by atoms with Gasteiger partial charge < -0.3 is 16.4 Å². The van der Waals surface area contributed by atoms with Crippen LogP contribution in [0, 0.1) is 0 Å². The first-order valence-corrected chi connectivity index (χ1v) is 0. The minimum Gasteiger partial charge on any atom is -2.00 e. The van der Waals surface area contributed by atoms with Crippen LogP contribution < -0.4 is 0 Å². The molecule has 0 N–H and O–H groups in total. The van der Waals surface area contributed by atoms with Gasteiger partial charge >= 0.3 is 22.4 Å². The van der Waals surface area contributed by atoms with Crippen LogP contribution in [0.4, 0.5) is 0 Å². The first-order chi connectivity index (χ1) is 0. The van der Waals surface area contributed by atoms with Gasteiger partial charge in [0.2, 0.25) is 0 Å². The first-order valence-electron chi connectivity index (χ1n) is 0.